The number of hydrogen-bond acceptors (Lipinski definition) is 3. The van der Waals surface area contributed by atoms with E-state index in [-0.39, 0.29) is 6.10 Å². The topological polar surface area (TPSA) is 51.2 Å². The van der Waals surface area contributed by atoms with Crippen LogP contribution in [-0.2, 0) is 9.09 Å². The molecule has 0 aliphatic heterocycles. The summed E-state index contributed by atoms with van der Waals surface area (Å²) in [6.45, 7) is 6.72. The normalized spacial score (nSPS) is 25.6. The maximum absolute atomic E-state index is 14.0. The number of hydrogen-bond donors (Lipinski definition) is 1. The fourth-order valence-corrected chi connectivity index (χ4v) is 5.71. The largest absolute Gasteiger partial charge is 0.325 e. The van der Waals surface area contributed by atoms with E-state index in [2.05, 4.69) is 30.8 Å². The molecule has 4 atom stereocenters. The van der Waals surface area contributed by atoms with Gasteiger partial charge in [0.1, 0.15) is 5.82 Å². The summed E-state index contributed by atoms with van der Waals surface area (Å²) in [5.41, 5.74) is 0. The molecule has 1 aromatic heterocycles. The summed E-state index contributed by atoms with van der Waals surface area (Å²) in [5.74, 6) is 2.10. The van der Waals surface area contributed by atoms with Gasteiger partial charge in [-0.2, -0.15) is 0 Å². The van der Waals surface area contributed by atoms with Crippen LogP contribution in [0.4, 0.5) is 5.82 Å². The van der Waals surface area contributed by atoms with Crippen molar-refractivity contribution in [1.82, 2.24) is 4.98 Å². The number of pyridine rings is 1. The van der Waals surface area contributed by atoms with Gasteiger partial charge in [0.05, 0.1) is 11.4 Å². The standard InChI is InChI=1S/C21H29N2O2P/c1-16(2)19-13-12-17(3)15-20(19)25-26(24,18-9-5-4-6-10-18)23-21-11-7-8-14-22-21/h4-11,14,16-17,19-20H,12-13,15H2,1-3H3,(H,22,23,24)/t17-,19-,20+,26-/m1/s1. The molecule has 2 aromatic rings. The first-order valence-electron chi connectivity index (χ1n) is 9.51. The van der Waals surface area contributed by atoms with Crippen LogP contribution >= 0.6 is 7.52 Å². The predicted molar refractivity (Wildman–Crippen MR) is 108 cm³/mol. The zero-order chi connectivity index (χ0) is 18.6. The lowest BCUT2D eigenvalue weighted by Crippen LogP contribution is -2.35. The summed E-state index contributed by atoms with van der Waals surface area (Å²) >= 11 is 0. The van der Waals surface area contributed by atoms with Gasteiger partial charge in [-0.3, -0.25) is 9.65 Å². The van der Waals surface area contributed by atoms with E-state index in [1.165, 1.54) is 6.42 Å². The van der Waals surface area contributed by atoms with Gasteiger partial charge in [-0.1, -0.05) is 51.5 Å². The fraction of sp³-hybridized carbons (Fsp3) is 0.476. The van der Waals surface area contributed by atoms with Crippen molar-refractivity contribution in [1.29, 1.82) is 0 Å². The summed E-state index contributed by atoms with van der Waals surface area (Å²) < 4.78 is 20.4. The summed E-state index contributed by atoms with van der Waals surface area (Å²) in [7, 11) is -3.28. The van der Waals surface area contributed by atoms with Crippen LogP contribution in [0.15, 0.2) is 54.7 Å². The van der Waals surface area contributed by atoms with Crippen LogP contribution in [-0.4, -0.2) is 11.1 Å². The van der Waals surface area contributed by atoms with Crippen molar-refractivity contribution in [2.45, 2.75) is 46.1 Å². The van der Waals surface area contributed by atoms with Crippen LogP contribution in [0.1, 0.15) is 40.0 Å². The molecule has 0 spiro atoms. The molecule has 1 fully saturated rings. The van der Waals surface area contributed by atoms with Crippen molar-refractivity contribution in [2.75, 3.05) is 5.09 Å². The highest BCUT2D eigenvalue weighted by Gasteiger charge is 2.38. The van der Waals surface area contributed by atoms with Crippen LogP contribution in [0.2, 0.25) is 0 Å². The molecule has 5 heteroatoms. The molecular formula is C21H29N2O2P. The van der Waals surface area contributed by atoms with Gasteiger partial charge in [0.15, 0.2) is 0 Å². The minimum Gasteiger partial charge on any atom is -0.306 e. The Hall–Kier alpha value is -1.64. The third kappa shape index (κ3) is 4.55. The van der Waals surface area contributed by atoms with E-state index < -0.39 is 7.52 Å². The van der Waals surface area contributed by atoms with Crippen molar-refractivity contribution in [3.63, 3.8) is 0 Å². The first-order chi connectivity index (χ1) is 12.5. The molecule has 1 N–H and O–H groups in total. The van der Waals surface area contributed by atoms with E-state index in [1.807, 2.05) is 48.5 Å². The van der Waals surface area contributed by atoms with Crippen LogP contribution in [0.3, 0.4) is 0 Å². The van der Waals surface area contributed by atoms with Gasteiger partial charge in [0.2, 0.25) is 0 Å². The SMILES string of the molecule is CC(C)[C@H]1CC[C@@H](C)C[C@@H]1O[P@@](=O)(Nc1ccccn1)c1ccccc1. The van der Waals surface area contributed by atoms with Gasteiger partial charge in [0, 0.05) is 6.20 Å². The highest BCUT2D eigenvalue weighted by Crippen LogP contribution is 2.50. The highest BCUT2D eigenvalue weighted by molar-refractivity contribution is 7.68. The molecule has 0 saturated heterocycles. The van der Waals surface area contributed by atoms with Crippen LogP contribution < -0.4 is 10.4 Å². The van der Waals surface area contributed by atoms with E-state index in [0.717, 1.165) is 12.8 Å². The van der Waals surface area contributed by atoms with Crippen molar-refractivity contribution < 1.29 is 9.09 Å². The summed E-state index contributed by atoms with van der Waals surface area (Å²) in [5, 5.41) is 3.80. The number of nitrogens with one attached hydrogen (secondary N) is 1. The summed E-state index contributed by atoms with van der Waals surface area (Å²) in [6, 6.07) is 15.0. The van der Waals surface area contributed by atoms with Gasteiger partial charge in [-0.15, -0.1) is 0 Å². The Morgan fingerprint density at radius 2 is 1.85 bits per heavy atom. The Labute approximate surface area is 156 Å². The van der Waals surface area contributed by atoms with Crippen molar-refractivity contribution in [3.8, 4) is 0 Å². The van der Waals surface area contributed by atoms with Gasteiger partial charge in [0.25, 0.3) is 0 Å². The lowest BCUT2D eigenvalue weighted by molar-refractivity contribution is 0.0505. The minimum absolute atomic E-state index is 0.0130. The summed E-state index contributed by atoms with van der Waals surface area (Å²) in [4.78, 5) is 4.29. The molecule has 1 heterocycles. The van der Waals surface area contributed by atoms with Crippen LogP contribution in [0.5, 0.6) is 0 Å². The monoisotopic (exact) mass is 372 g/mol. The average molecular weight is 372 g/mol. The second-order valence-electron chi connectivity index (χ2n) is 7.68. The van der Waals surface area contributed by atoms with Gasteiger partial charge in [-0.25, -0.2) is 4.98 Å². The van der Waals surface area contributed by atoms with E-state index in [1.54, 1.807) is 6.20 Å². The minimum atomic E-state index is -3.28. The zero-order valence-electron chi connectivity index (χ0n) is 15.8. The lowest BCUT2D eigenvalue weighted by Gasteiger charge is -2.39. The fourth-order valence-electron chi connectivity index (χ4n) is 3.78. The first kappa shape index (κ1) is 19.1. The quantitative estimate of drug-likeness (QED) is 0.681. The molecule has 1 aliphatic rings. The van der Waals surface area contributed by atoms with E-state index >= 15 is 0 Å². The lowest BCUT2D eigenvalue weighted by atomic mass is 9.75. The van der Waals surface area contributed by atoms with E-state index in [0.29, 0.717) is 28.9 Å². The van der Waals surface area contributed by atoms with E-state index in [9.17, 15) is 4.57 Å². The third-order valence-electron chi connectivity index (χ3n) is 5.27. The number of anilines is 1. The Morgan fingerprint density at radius 3 is 2.50 bits per heavy atom. The molecule has 140 valence electrons. The molecule has 1 aromatic carbocycles. The Bertz CT molecular complexity index is 736. The van der Waals surface area contributed by atoms with Crippen molar-refractivity contribution >= 4 is 18.6 Å². The van der Waals surface area contributed by atoms with E-state index in [4.69, 9.17) is 4.52 Å². The molecule has 4 nitrogen and oxygen atoms in total. The highest BCUT2D eigenvalue weighted by atomic mass is 31.2. The van der Waals surface area contributed by atoms with Gasteiger partial charge >= 0.3 is 7.52 Å². The van der Waals surface area contributed by atoms with Crippen molar-refractivity contribution in [2.24, 2.45) is 17.8 Å². The smallest absolute Gasteiger partial charge is 0.306 e. The molecule has 3 rings (SSSR count). The predicted octanol–water partition coefficient (Wildman–Crippen LogP) is 5.49. The molecule has 0 unspecified atom stereocenters. The van der Waals surface area contributed by atoms with Crippen LogP contribution in [0.25, 0.3) is 0 Å². The Morgan fingerprint density at radius 1 is 1.12 bits per heavy atom. The second-order valence-corrected chi connectivity index (χ2v) is 9.74. The number of aromatic nitrogens is 1. The number of nitrogens with zero attached hydrogens (tertiary/aromatic N) is 1. The van der Waals surface area contributed by atoms with Gasteiger partial charge < -0.3 is 4.52 Å². The molecule has 1 aliphatic carbocycles. The molecule has 0 radical (unpaired) electrons. The second kappa shape index (κ2) is 8.37. The number of rotatable bonds is 6. The molecule has 0 amide bonds. The Kier molecular flexibility index (Phi) is 6.16. The molecule has 26 heavy (non-hydrogen) atoms. The van der Waals surface area contributed by atoms with Crippen molar-refractivity contribution in [3.05, 3.63) is 54.7 Å². The molecule has 0 bridgehead atoms. The van der Waals surface area contributed by atoms with Gasteiger partial charge in [-0.05, 0) is 54.9 Å². The summed E-state index contributed by atoms with van der Waals surface area (Å²) in [6.07, 6.45) is 4.97. The number of benzene rings is 1. The maximum Gasteiger partial charge on any atom is 0.325 e. The average Bonchev–Trinajstić information content (AvgIpc) is 2.63. The molecule has 1 saturated carbocycles. The van der Waals surface area contributed by atoms with Crippen LogP contribution in [0, 0.1) is 17.8 Å². The first-order valence-corrected chi connectivity index (χ1v) is 11.1. The maximum atomic E-state index is 14.0. The Balaban J connectivity index is 1.91. The third-order valence-corrected chi connectivity index (χ3v) is 7.34. The molecular weight excluding hydrogens is 343 g/mol. The zero-order valence-corrected chi connectivity index (χ0v) is 16.7.